The maximum absolute atomic E-state index is 4.40. The number of nitrogens with zero attached hydrogens (tertiary/aromatic N) is 4. The molecule has 0 aliphatic carbocycles. The molecule has 0 spiro atoms. The van der Waals surface area contributed by atoms with Gasteiger partial charge in [0.05, 0.1) is 0 Å². The summed E-state index contributed by atoms with van der Waals surface area (Å²) in [6.07, 6.45) is 2.54. The molecule has 5 heteroatoms. The van der Waals surface area contributed by atoms with Crippen molar-refractivity contribution in [2.45, 2.75) is 45.6 Å². The summed E-state index contributed by atoms with van der Waals surface area (Å²) >= 11 is 0. The number of hydrogen-bond acceptors (Lipinski definition) is 4. The third-order valence-corrected chi connectivity index (χ3v) is 4.50. The van der Waals surface area contributed by atoms with Crippen LogP contribution < -0.4 is 5.32 Å². The Morgan fingerprint density at radius 1 is 1.22 bits per heavy atom. The zero-order chi connectivity index (χ0) is 16.4. The summed E-state index contributed by atoms with van der Waals surface area (Å²) in [5.74, 6) is 1.56. The molecule has 23 heavy (non-hydrogen) atoms. The SMILES string of the molecule is CCC(Nc1cc(C)nc2ncnn12)C(C)(C)c1ccccc1. The molecular formula is C18H23N5. The zero-order valence-electron chi connectivity index (χ0n) is 14.1. The molecule has 0 aliphatic rings. The lowest BCUT2D eigenvalue weighted by Gasteiger charge is -2.35. The Labute approximate surface area is 136 Å². The predicted octanol–water partition coefficient (Wildman–Crippen LogP) is 3.60. The van der Waals surface area contributed by atoms with Gasteiger partial charge in [0, 0.05) is 23.2 Å². The monoisotopic (exact) mass is 309 g/mol. The fourth-order valence-electron chi connectivity index (χ4n) is 3.07. The van der Waals surface area contributed by atoms with Crippen LogP contribution in [0.4, 0.5) is 5.82 Å². The van der Waals surface area contributed by atoms with Crippen LogP contribution in [0.2, 0.25) is 0 Å². The first-order valence-corrected chi connectivity index (χ1v) is 8.02. The van der Waals surface area contributed by atoms with Crippen LogP contribution in [0.1, 0.15) is 38.4 Å². The van der Waals surface area contributed by atoms with Crippen LogP contribution in [0.15, 0.2) is 42.7 Å². The first-order chi connectivity index (χ1) is 11.0. The number of hydrogen-bond donors (Lipinski definition) is 1. The van der Waals surface area contributed by atoms with Crippen LogP contribution in [-0.4, -0.2) is 25.6 Å². The second-order valence-corrected chi connectivity index (χ2v) is 6.45. The van der Waals surface area contributed by atoms with E-state index in [9.17, 15) is 0 Å². The van der Waals surface area contributed by atoms with Gasteiger partial charge in [0.2, 0.25) is 0 Å². The van der Waals surface area contributed by atoms with E-state index in [1.54, 1.807) is 4.52 Å². The van der Waals surface area contributed by atoms with Crippen molar-refractivity contribution in [2.24, 2.45) is 0 Å². The van der Waals surface area contributed by atoms with Crippen molar-refractivity contribution < 1.29 is 0 Å². The molecule has 3 aromatic rings. The third-order valence-electron chi connectivity index (χ3n) is 4.50. The van der Waals surface area contributed by atoms with Gasteiger partial charge >= 0.3 is 0 Å². The molecule has 120 valence electrons. The van der Waals surface area contributed by atoms with Gasteiger partial charge in [-0.3, -0.25) is 0 Å². The number of nitrogens with one attached hydrogen (secondary N) is 1. The molecule has 1 unspecified atom stereocenters. The molecule has 2 aromatic heterocycles. The highest BCUT2D eigenvalue weighted by Crippen LogP contribution is 2.31. The lowest BCUT2D eigenvalue weighted by Crippen LogP contribution is -2.39. The highest BCUT2D eigenvalue weighted by atomic mass is 15.4. The van der Waals surface area contributed by atoms with Crippen LogP contribution in [0.5, 0.6) is 0 Å². The molecule has 1 aromatic carbocycles. The maximum Gasteiger partial charge on any atom is 0.254 e. The molecule has 0 saturated heterocycles. The van der Waals surface area contributed by atoms with Gasteiger partial charge in [-0.25, -0.2) is 4.98 Å². The molecule has 0 aliphatic heterocycles. The third kappa shape index (κ3) is 2.91. The van der Waals surface area contributed by atoms with Crippen molar-refractivity contribution in [3.05, 3.63) is 54.0 Å². The summed E-state index contributed by atoms with van der Waals surface area (Å²) in [6, 6.07) is 12.9. The largest absolute Gasteiger partial charge is 0.366 e. The van der Waals surface area contributed by atoms with Gasteiger partial charge in [-0.15, -0.1) is 0 Å². The molecule has 0 fully saturated rings. The van der Waals surface area contributed by atoms with E-state index in [0.29, 0.717) is 5.78 Å². The summed E-state index contributed by atoms with van der Waals surface area (Å²) < 4.78 is 1.76. The molecule has 0 saturated carbocycles. The van der Waals surface area contributed by atoms with Crippen molar-refractivity contribution in [1.82, 2.24) is 19.6 Å². The fourth-order valence-corrected chi connectivity index (χ4v) is 3.07. The smallest absolute Gasteiger partial charge is 0.254 e. The van der Waals surface area contributed by atoms with Crippen LogP contribution in [0.3, 0.4) is 0 Å². The Bertz CT molecular complexity index is 792. The van der Waals surface area contributed by atoms with Crippen LogP contribution in [0.25, 0.3) is 5.78 Å². The highest BCUT2D eigenvalue weighted by molar-refractivity contribution is 5.46. The van der Waals surface area contributed by atoms with Crippen LogP contribution in [-0.2, 0) is 5.41 Å². The first-order valence-electron chi connectivity index (χ1n) is 8.02. The second kappa shape index (κ2) is 5.99. The normalized spacial score (nSPS) is 13.2. The molecule has 2 heterocycles. The summed E-state index contributed by atoms with van der Waals surface area (Å²) in [7, 11) is 0. The Morgan fingerprint density at radius 3 is 2.65 bits per heavy atom. The van der Waals surface area contributed by atoms with Crippen molar-refractivity contribution >= 4 is 11.6 Å². The van der Waals surface area contributed by atoms with Gasteiger partial charge < -0.3 is 5.32 Å². The van der Waals surface area contributed by atoms with E-state index in [1.807, 2.05) is 13.0 Å². The number of aromatic nitrogens is 4. The van der Waals surface area contributed by atoms with E-state index >= 15 is 0 Å². The lowest BCUT2D eigenvalue weighted by atomic mass is 9.76. The Hall–Kier alpha value is -2.43. The van der Waals surface area contributed by atoms with Crippen molar-refractivity contribution in [2.75, 3.05) is 5.32 Å². The summed E-state index contributed by atoms with van der Waals surface area (Å²) in [4.78, 5) is 8.59. The van der Waals surface area contributed by atoms with Crippen LogP contribution >= 0.6 is 0 Å². The quantitative estimate of drug-likeness (QED) is 0.782. The zero-order valence-corrected chi connectivity index (χ0v) is 14.1. The predicted molar refractivity (Wildman–Crippen MR) is 92.7 cm³/mol. The minimum Gasteiger partial charge on any atom is -0.366 e. The van der Waals surface area contributed by atoms with Gasteiger partial charge in [0.1, 0.15) is 12.1 Å². The molecule has 5 nitrogen and oxygen atoms in total. The minimum atomic E-state index is -0.0138. The molecule has 0 radical (unpaired) electrons. The number of fused-ring (bicyclic) bond motifs is 1. The Balaban J connectivity index is 1.97. The fraction of sp³-hybridized carbons (Fsp3) is 0.389. The standard InChI is InChI=1S/C18H23N5/c1-5-15(18(3,4)14-9-7-6-8-10-14)22-16-11-13(2)21-17-19-12-20-23(16)17/h6-12,15,22H,5H2,1-4H3. The van der Waals surface area contributed by atoms with Crippen molar-refractivity contribution in [3.63, 3.8) is 0 Å². The first kappa shape index (κ1) is 15.5. The Morgan fingerprint density at radius 2 is 1.96 bits per heavy atom. The van der Waals surface area contributed by atoms with E-state index in [2.05, 4.69) is 71.5 Å². The number of benzene rings is 1. The number of anilines is 1. The van der Waals surface area contributed by atoms with Gasteiger partial charge in [0.15, 0.2) is 0 Å². The van der Waals surface area contributed by atoms with E-state index in [1.165, 1.54) is 11.9 Å². The minimum absolute atomic E-state index is 0.0138. The maximum atomic E-state index is 4.40. The molecule has 0 amide bonds. The topological polar surface area (TPSA) is 55.1 Å². The molecule has 3 rings (SSSR count). The Kier molecular flexibility index (Phi) is 4.03. The highest BCUT2D eigenvalue weighted by Gasteiger charge is 2.30. The van der Waals surface area contributed by atoms with Gasteiger partial charge in [-0.2, -0.15) is 14.6 Å². The van der Waals surface area contributed by atoms with E-state index in [4.69, 9.17) is 0 Å². The van der Waals surface area contributed by atoms with E-state index in [-0.39, 0.29) is 11.5 Å². The lowest BCUT2D eigenvalue weighted by molar-refractivity contribution is 0.422. The van der Waals surface area contributed by atoms with Gasteiger partial charge in [0.25, 0.3) is 5.78 Å². The van der Waals surface area contributed by atoms with Crippen LogP contribution in [0, 0.1) is 6.92 Å². The average molecular weight is 309 g/mol. The molecule has 0 bridgehead atoms. The van der Waals surface area contributed by atoms with Gasteiger partial charge in [-0.1, -0.05) is 51.1 Å². The average Bonchev–Trinajstić information content (AvgIpc) is 3.01. The van der Waals surface area contributed by atoms with Gasteiger partial charge in [-0.05, 0) is 18.9 Å². The molecular weight excluding hydrogens is 286 g/mol. The van der Waals surface area contributed by atoms with Crippen molar-refractivity contribution in [1.29, 1.82) is 0 Å². The number of aryl methyl sites for hydroxylation is 1. The summed E-state index contributed by atoms with van der Waals surface area (Å²) in [5, 5.41) is 7.94. The molecule has 1 atom stereocenters. The molecule has 1 N–H and O–H groups in total. The summed E-state index contributed by atoms with van der Waals surface area (Å²) in [5.41, 5.74) is 2.24. The van der Waals surface area contributed by atoms with Crippen molar-refractivity contribution in [3.8, 4) is 0 Å². The number of rotatable bonds is 5. The van der Waals surface area contributed by atoms with E-state index < -0.39 is 0 Å². The second-order valence-electron chi connectivity index (χ2n) is 6.45. The summed E-state index contributed by atoms with van der Waals surface area (Å²) in [6.45, 7) is 8.73. The van der Waals surface area contributed by atoms with E-state index in [0.717, 1.165) is 17.9 Å².